The molecule has 0 bridgehead atoms. The number of rotatable bonds is 26. The van der Waals surface area contributed by atoms with Crippen molar-refractivity contribution in [3.05, 3.63) is 24.3 Å². The van der Waals surface area contributed by atoms with E-state index < -0.39 is 0 Å². The number of unbranched alkanes of at least 4 members (excludes halogenated alkanes) is 22. The van der Waals surface area contributed by atoms with Crippen LogP contribution in [0.1, 0.15) is 174 Å². The molecule has 0 saturated carbocycles. The summed E-state index contributed by atoms with van der Waals surface area (Å²) in [7, 11) is 0. The molecular formula is C31H60. The quantitative estimate of drug-likeness (QED) is 0.0941. The first-order chi connectivity index (χ1) is 15.4. The van der Waals surface area contributed by atoms with Gasteiger partial charge in [0.2, 0.25) is 0 Å². The van der Waals surface area contributed by atoms with E-state index in [4.69, 9.17) is 0 Å². The Kier molecular flexibility index (Phi) is 29.0. The van der Waals surface area contributed by atoms with E-state index in [1.54, 1.807) is 0 Å². The second-order valence-corrected chi connectivity index (χ2v) is 9.82. The Balaban J connectivity index is 3.12. The Morgan fingerprint density at radius 1 is 0.258 bits per heavy atom. The molecule has 0 heterocycles. The second-order valence-electron chi connectivity index (χ2n) is 9.82. The van der Waals surface area contributed by atoms with Crippen molar-refractivity contribution < 1.29 is 0 Å². The van der Waals surface area contributed by atoms with Crippen molar-refractivity contribution in [1.29, 1.82) is 0 Å². The molecular weight excluding hydrogens is 372 g/mol. The first-order valence-electron chi connectivity index (χ1n) is 14.7. The van der Waals surface area contributed by atoms with Gasteiger partial charge < -0.3 is 0 Å². The fourth-order valence-corrected chi connectivity index (χ4v) is 4.32. The molecule has 0 aliphatic rings. The van der Waals surface area contributed by atoms with Crippen LogP contribution in [-0.4, -0.2) is 0 Å². The van der Waals surface area contributed by atoms with Gasteiger partial charge in [-0.25, -0.2) is 0 Å². The molecule has 0 saturated heterocycles. The molecule has 0 fully saturated rings. The average molecular weight is 433 g/mol. The highest BCUT2D eigenvalue weighted by atomic mass is 14.0. The monoisotopic (exact) mass is 432 g/mol. The molecule has 0 rings (SSSR count). The molecule has 31 heavy (non-hydrogen) atoms. The molecule has 0 radical (unpaired) electrons. The van der Waals surface area contributed by atoms with Gasteiger partial charge in [0.1, 0.15) is 0 Å². The standard InChI is InChI=1S/C31H60/c1-3-5-7-9-11-13-15-17-19-21-23-25-27-29-31-30-28-26-24-22-20-18-16-14-12-10-8-6-4-2/h15,17,27,29H,3-14,16,18-26,28,30-31H2,1-2H3. The summed E-state index contributed by atoms with van der Waals surface area (Å²) in [5.74, 6) is 0. The summed E-state index contributed by atoms with van der Waals surface area (Å²) in [5.41, 5.74) is 0. The van der Waals surface area contributed by atoms with E-state index in [9.17, 15) is 0 Å². The number of allylic oxidation sites excluding steroid dienone is 4. The molecule has 0 aromatic rings. The lowest BCUT2D eigenvalue weighted by molar-refractivity contribution is 0.536. The van der Waals surface area contributed by atoms with Crippen LogP contribution < -0.4 is 0 Å². The van der Waals surface area contributed by atoms with Crippen LogP contribution in [0.3, 0.4) is 0 Å². The predicted octanol–water partition coefficient (Wildman–Crippen LogP) is 11.9. The molecule has 0 aliphatic heterocycles. The zero-order valence-corrected chi connectivity index (χ0v) is 22.0. The van der Waals surface area contributed by atoms with Crippen LogP contribution in [0, 0.1) is 0 Å². The molecule has 0 nitrogen and oxygen atoms in total. The smallest absolute Gasteiger partial charge is 0.0351 e. The lowest BCUT2D eigenvalue weighted by Crippen LogP contribution is -1.83. The Labute approximate surface area is 198 Å². The van der Waals surface area contributed by atoms with Crippen molar-refractivity contribution in [2.45, 2.75) is 174 Å². The number of hydrogen-bond donors (Lipinski definition) is 0. The van der Waals surface area contributed by atoms with E-state index in [0.29, 0.717) is 0 Å². The van der Waals surface area contributed by atoms with Gasteiger partial charge in [-0.15, -0.1) is 0 Å². The van der Waals surface area contributed by atoms with E-state index in [-0.39, 0.29) is 0 Å². The summed E-state index contributed by atoms with van der Waals surface area (Å²) in [4.78, 5) is 0. The van der Waals surface area contributed by atoms with Gasteiger partial charge in [0, 0.05) is 0 Å². The van der Waals surface area contributed by atoms with Crippen molar-refractivity contribution in [1.82, 2.24) is 0 Å². The van der Waals surface area contributed by atoms with Gasteiger partial charge in [-0.3, -0.25) is 0 Å². The van der Waals surface area contributed by atoms with E-state index >= 15 is 0 Å². The Hall–Kier alpha value is -0.520. The lowest BCUT2D eigenvalue weighted by atomic mass is 10.0. The van der Waals surface area contributed by atoms with Crippen LogP contribution in [0.5, 0.6) is 0 Å². The summed E-state index contributed by atoms with van der Waals surface area (Å²) in [6.07, 6.45) is 44.9. The third-order valence-corrected chi connectivity index (χ3v) is 6.52. The third-order valence-electron chi connectivity index (χ3n) is 6.52. The van der Waals surface area contributed by atoms with E-state index in [1.165, 1.54) is 161 Å². The summed E-state index contributed by atoms with van der Waals surface area (Å²) in [5, 5.41) is 0. The molecule has 0 atom stereocenters. The fourth-order valence-electron chi connectivity index (χ4n) is 4.32. The second kappa shape index (κ2) is 29.5. The summed E-state index contributed by atoms with van der Waals surface area (Å²) >= 11 is 0. The predicted molar refractivity (Wildman–Crippen MR) is 145 cm³/mol. The first kappa shape index (κ1) is 30.5. The van der Waals surface area contributed by atoms with Crippen LogP contribution in [-0.2, 0) is 0 Å². The summed E-state index contributed by atoms with van der Waals surface area (Å²) in [6.45, 7) is 4.59. The lowest BCUT2D eigenvalue weighted by Gasteiger charge is -2.02. The molecule has 0 unspecified atom stereocenters. The van der Waals surface area contributed by atoms with Gasteiger partial charge >= 0.3 is 0 Å². The van der Waals surface area contributed by atoms with Crippen molar-refractivity contribution in [2.75, 3.05) is 0 Å². The third kappa shape index (κ3) is 29.5. The van der Waals surface area contributed by atoms with Crippen molar-refractivity contribution in [3.63, 3.8) is 0 Å². The maximum atomic E-state index is 2.44. The largest absolute Gasteiger partial charge is 0.0885 e. The topological polar surface area (TPSA) is 0 Å². The highest BCUT2D eigenvalue weighted by Crippen LogP contribution is 2.13. The van der Waals surface area contributed by atoms with Crippen LogP contribution in [0.15, 0.2) is 24.3 Å². The minimum atomic E-state index is 1.28. The van der Waals surface area contributed by atoms with Gasteiger partial charge in [-0.05, 0) is 51.4 Å². The Morgan fingerprint density at radius 2 is 0.452 bits per heavy atom. The minimum Gasteiger partial charge on any atom is -0.0885 e. The zero-order chi connectivity index (χ0) is 22.5. The molecule has 184 valence electrons. The van der Waals surface area contributed by atoms with Crippen LogP contribution in [0.25, 0.3) is 0 Å². The van der Waals surface area contributed by atoms with Crippen LogP contribution in [0.2, 0.25) is 0 Å². The van der Waals surface area contributed by atoms with Gasteiger partial charge in [-0.2, -0.15) is 0 Å². The van der Waals surface area contributed by atoms with Gasteiger partial charge in [0.05, 0.1) is 0 Å². The minimum absolute atomic E-state index is 1.28. The molecule has 0 spiro atoms. The van der Waals surface area contributed by atoms with Crippen molar-refractivity contribution in [2.24, 2.45) is 0 Å². The van der Waals surface area contributed by atoms with E-state index in [1.807, 2.05) is 0 Å². The average Bonchev–Trinajstić information content (AvgIpc) is 2.78. The Morgan fingerprint density at radius 3 is 0.710 bits per heavy atom. The zero-order valence-electron chi connectivity index (χ0n) is 22.0. The van der Waals surface area contributed by atoms with E-state index in [2.05, 4.69) is 38.2 Å². The molecule has 0 aromatic heterocycles. The molecule has 0 aliphatic carbocycles. The van der Waals surface area contributed by atoms with Gasteiger partial charge in [0.15, 0.2) is 0 Å². The SMILES string of the molecule is CCCCCCCC=CCCCCC=CCCCCCCCCCCCCCCCC. The van der Waals surface area contributed by atoms with Gasteiger partial charge in [-0.1, -0.05) is 147 Å². The van der Waals surface area contributed by atoms with Gasteiger partial charge in [0.25, 0.3) is 0 Å². The van der Waals surface area contributed by atoms with Crippen LogP contribution >= 0.6 is 0 Å². The Bertz CT molecular complexity index is 351. The summed E-state index contributed by atoms with van der Waals surface area (Å²) in [6, 6.07) is 0. The fraction of sp³-hybridized carbons (Fsp3) is 0.871. The normalized spacial score (nSPS) is 11.9. The molecule has 0 heteroatoms. The molecule has 0 aromatic carbocycles. The maximum Gasteiger partial charge on any atom is -0.0351 e. The van der Waals surface area contributed by atoms with E-state index in [0.717, 1.165) is 0 Å². The van der Waals surface area contributed by atoms with Crippen molar-refractivity contribution in [3.8, 4) is 0 Å². The summed E-state index contributed by atoms with van der Waals surface area (Å²) < 4.78 is 0. The van der Waals surface area contributed by atoms with Crippen LogP contribution in [0.4, 0.5) is 0 Å². The highest BCUT2D eigenvalue weighted by Gasteiger charge is 1.94. The van der Waals surface area contributed by atoms with Crippen molar-refractivity contribution >= 4 is 0 Å². The molecule has 0 amide bonds. The highest BCUT2D eigenvalue weighted by molar-refractivity contribution is 4.84. The number of hydrogen-bond acceptors (Lipinski definition) is 0. The maximum absolute atomic E-state index is 2.44. The molecule has 0 N–H and O–H groups in total. The first-order valence-corrected chi connectivity index (χ1v) is 14.7.